The van der Waals surface area contributed by atoms with Crippen molar-refractivity contribution in [1.29, 1.82) is 0 Å². The standard InChI is InChI=1S/C7H7ClN2O/c8-7-1-5-4(2-10-7)6(11)3-9-5/h1-2,6,9,11H,3H2/t6-/m1/s1. The number of aromatic nitrogens is 1. The third-order valence-corrected chi connectivity index (χ3v) is 1.95. The molecule has 0 saturated carbocycles. The fourth-order valence-electron chi connectivity index (χ4n) is 1.18. The first-order valence-corrected chi connectivity index (χ1v) is 3.72. The second-order valence-electron chi connectivity index (χ2n) is 2.49. The minimum Gasteiger partial charge on any atom is -0.386 e. The number of halogens is 1. The normalized spacial score (nSPS) is 21.1. The van der Waals surface area contributed by atoms with Crippen molar-refractivity contribution in [2.24, 2.45) is 0 Å². The van der Waals surface area contributed by atoms with Gasteiger partial charge in [0, 0.05) is 24.0 Å². The quantitative estimate of drug-likeness (QED) is 0.575. The van der Waals surface area contributed by atoms with Crippen LogP contribution in [0.15, 0.2) is 12.3 Å². The maximum absolute atomic E-state index is 9.33. The summed E-state index contributed by atoms with van der Waals surface area (Å²) in [4.78, 5) is 3.87. The van der Waals surface area contributed by atoms with Crippen molar-refractivity contribution in [3.05, 3.63) is 23.0 Å². The van der Waals surface area contributed by atoms with Crippen molar-refractivity contribution >= 4 is 17.3 Å². The second kappa shape index (κ2) is 2.36. The average molecular weight is 171 g/mol. The highest BCUT2D eigenvalue weighted by Crippen LogP contribution is 2.29. The predicted molar refractivity (Wildman–Crippen MR) is 42.7 cm³/mol. The third-order valence-electron chi connectivity index (χ3n) is 1.75. The lowest BCUT2D eigenvalue weighted by Crippen LogP contribution is -1.99. The van der Waals surface area contributed by atoms with E-state index in [2.05, 4.69) is 10.3 Å². The van der Waals surface area contributed by atoms with Crippen LogP contribution in [0.3, 0.4) is 0 Å². The van der Waals surface area contributed by atoms with Crippen molar-refractivity contribution in [1.82, 2.24) is 4.98 Å². The van der Waals surface area contributed by atoms with E-state index in [9.17, 15) is 5.11 Å². The lowest BCUT2D eigenvalue weighted by Gasteiger charge is -1.99. The van der Waals surface area contributed by atoms with Gasteiger partial charge in [0.05, 0.1) is 6.10 Å². The van der Waals surface area contributed by atoms with Gasteiger partial charge in [-0.2, -0.15) is 0 Å². The number of hydrogen-bond acceptors (Lipinski definition) is 3. The van der Waals surface area contributed by atoms with E-state index in [1.54, 1.807) is 12.3 Å². The minimum absolute atomic E-state index is 0.435. The lowest BCUT2D eigenvalue weighted by molar-refractivity contribution is 0.199. The van der Waals surface area contributed by atoms with Crippen LogP contribution in [0, 0.1) is 0 Å². The Balaban J connectivity index is 2.50. The molecule has 0 aromatic carbocycles. The van der Waals surface area contributed by atoms with E-state index in [-0.39, 0.29) is 0 Å². The second-order valence-corrected chi connectivity index (χ2v) is 2.88. The number of aliphatic hydroxyl groups excluding tert-OH is 1. The maximum atomic E-state index is 9.33. The Morgan fingerprint density at radius 3 is 3.36 bits per heavy atom. The maximum Gasteiger partial charge on any atom is 0.131 e. The fourth-order valence-corrected chi connectivity index (χ4v) is 1.33. The molecule has 3 nitrogen and oxygen atoms in total. The Labute approximate surface area is 69.0 Å². The Kier molecular flexibility index (Phi) is 1.47. The Morgan fingerprint density at radius 2 is 2.55 bits per heavy atom. The van der Waals surface area contributed by atoms with Gasteiger partial charge in [-0.3, -0.25) is 0 Å². The largest absolute Gasteiger partial charge is 0.386 e. The summed E-state index contributed by atoms with van der Waals surface area (Å²) in [7, 11) is 0. The molecule has 11 heavy (non-hydrogen) atoms. The summed E-state index contributed by atoms with van der Waals surface area (Å²) in [5.74, 6) is 0. The third kappa shape index (κ3) is 1.06. The molecule has 1 aromatic heterocycles. The minimum atomic E-state index is -0.435. The van der Waals surface area contributed by atoms with Crippen LogP contribution in [0.1, 0.15) is 11.7 Å². The molecule has 0 amide bonds. The van der Waals surface area contributed by atoms with Crippen LogP contribution < -0.4 is 5.32 Å². The molecule has 0 saturated heterocycles. The number of fused-ring (bicyclic) bond motifs is 1. The monoisotopic (exact) mass is 170 g/mol. The van der Waals surface area contributed by atoms with Crippen LogP contribution in [0.4, 0.5) is 5.69 Å². The van der Waals surface area contributed by atoms with Crippen molar-refractivity contribution in [3.8, 4) is 0 Å². The number of rotatable bonds is 0. The zero-order valence-corrected chi connectivity index (χ0v) is 6.47. The number of aliphatic hydroxyl groups is 1. The molecule has 2 rings (SSSR count). The topological polar surface area (TPSA) is 45.1 Å². The highest BCUT2D eigenvalue weighted by Gasteiger charge is 2.19. The van der Waals surface area contributed by atoms with Crippen molar-refractivity contribution in [3.63, 3.8) is 0 Å². The molecule has 0 bridgehead atoms. The number of hydrogen-bond donors (Lipinski definition) is 2. The summed E-state index contributed by atoms with van der Waals surface area (Å²) in [6.45, 7) is 0.553. The predicted octanol–water partition coefficient (Wildman–Crippen LogP) is 1.19. The highest BCUT2D eigenvalue weighted by molar-refractivity contribution is 6.29. The molecule has 1 aromatic rings. The summed E-state index contributed by atoms with van der Waals surface area (Å²) in [6, 6.07) is 1.72. The Bertz CT molecular complexity index is 290. The lowest BCUT2D eigenvalue weighted by atomic mass is 10.2. The van der Waals surface area contributed by atoms with Gasteiger partial charge in [-0.15, -0.1) is 0 Å². The van der Waals surface area contributed by atoms with Crippen LogP contribution in [-0.4, -0.2) is 16.6 Å². The molecule has 0 spiro atoms. The molecule has 0 unspecified atom stereocenters. The van der Waals surface area contributed by atoms with Crippen LogP contribution in [-0.2, 0) is 0 Å². The molecular weight excluding hydrogens is 164 g/mol. The van der Waals surface area contributed by atoms with Crippen LogP contribution in [0.2, 0.25) is 5.15 Å². The SMILES string of the molecule is O[C@@H]1CNc2cc(Cl)ncc21. The fraction of sp³-hybridized carbons (Fsp3) is 0.286. The van der Waals surface area contributed by atoms with E-state index in [4.69, 9.17) is 11.6 Å². The van der Waals surface area contributed by atoms with E-state index in [1.807, 2.05) is 0 Å². The number of anilines is 1. The van der Waals surface area contributed by atoms with Gasteiger partial charge in [0.2, 0.25) is 0 Å². The van der Waals surface area contributed by atoms with E-state index >= 15 is 0 Å². The first-order chi connectivity index (χ1) is 5.27. The van der Waals surface area contributed by atoms with Crippen molar-refractivity contribution in [2.75, 3.05) is 11.9 Å². The van der Waals surface area contributed by atoms with Gasteiger partial charge in [0.25, 0.3) is 0 Å². The van der Waals surface area contributed by atoms with Gasteiger partial charge in [-0.25, -0.2) is 4.98 Å². The summed E-state index contributed by atoms with van der Waals surface area (Å²) in [5.41, 5.74) is 1.71. The van der Waals surface area contributed by atoms with Crippen LogP contribution in [0.5, 0.6) is 0 Å². The molecular formula is C7H7ClN2O. The number of nitrogens with zero attached hydrogens (tertiary/aromatic N) is 1. The van der Waals surface area contributed by atoms with Crippen molar-refractivity contribution in [2.45, 2.75) is 6.10 Å². The smallest absolute Gasteiger partial charge is 0.131 e. The van der Waals surface area contributed by atoms with Crippen LogP contribution >= 0.6 is 11.6 Å². The first kappa shape index (κ1) is 6.88. The molecule has 0 aliphatic carbocycles. The molecule has 2 heterocycles. The number of nitrogens with one attached hydrogen (secondary N) is 1. The number of pyridine rings is 1. The molecule has 0 fully saturated rings. The van der Waals surface area contributed by atoms with E-state index < -0.39 is 6.10 Å². The van der Waals surface area contributed by atoms with Gasteiger partial charge in [0.15, 0.2) is 0 Å². The zero-order chi connectivity index (χ0) is 7.84. The van der Waals surface area contributed by atoms with E-state index in [0.717, 1.165) is 11.3 Å². The van der Waals surface area contributed by atoms with Gasteiger partial charge in [-0.1, -0.05) is 11.6 Å². The van der Waals surface area contributed by atoms with E-state index in [1.165, 1.54) is 0 Å². The first-order valence-electron chi connectivity index (χ1n) is 3.35. The van der Waals surface area contributed by atoms with Gasteiger partial charge in [0.1, 0.15) is 5.15 Å². The average Bonchev–Trinajstić information content (AvgIpc) is 2.32. The zero-order valence-electron chi connectivity index (χ0n) is 5.71. The molecule has 4 heteroatoms. The molecule has 0 radical (unpaired) electrons. The summed E-state index contributed by atoms with van der Waals surface area (Å²) >= 11 is 5.64. The number of β-amino-alcohol motifs (C(OH)–C–C–N with tert-alkyl or cyclic N) is 1. The molecule has 58 valence electrons. The van der Waals surface area contributed by atoms with E-state index in [0.29, 0.717) is 11.7 Å². The van der Waals surface area contributed by atoms with Crippen molar-refractivity contribution < 1.29 is 5.11 Å². The summed E-state index contributed by atoms with van der Waals surface area (Å²) < 4.78 is 0. The summed E-state index contributed by atoms with van der Waals surface area (Å²) in [6.07, 6.45) is 1.16. The Hall–Kier alpha value is -0.800. The summed E-state index contributed by atoms with van der Waals surface area (Å²) in [5, 5.41) is 12.8. The van der Waals surface area contributed by atoms with Gasteiger partial charge >= 0.3 is 0 Å². The van der Waals surface area contributed by atoms with Gasteiger partial charge < -0.3 is 10.4 Å². The van der Waals surface area contributed by atoms with Gasteiger partial charge in [-0.05, 0) is 6.07 Å². The molecule has 1 aliphatic rings. The highest BCUT2D eigenvalue weighted by atomic mass is 35.5. The van der Waals surface area contributed by atoms with Crippen LogP contribution in [0.25, 0.3) is 0 Å². The molecule has 1 atom stereocenters. The molecule has 2 N–H and O–H groups in total. The molecule has 1 aliphatic heterocycles. The Morgan fingerprint density at radius 1 is 1.73 bits per heavy atom.